The first-order valence-corrected chi connectivity index (χ1v) is 7.93. The number of carbonyl (C=O) groups excluding carboxylic acids is 2. The van der Waals surface area contributed by atoms with E-state index < -0.39 is 0 Å². The molecule has 0 aliphatic carbocycles. The number of aryl methyl sites for hydroxylation is 1. The highest BCUT2D eigenvalue weighted by molar-refractivity contribution is 7.18. The molecule has 1 aromatic carbocycles. The summed E-state index contributed by atoms with van der Waals surface area (Å²) in [6.45, 7) is 0.533. The van der Waals surface area contributed by atoms with E-state index in [-0.39, 0.29) is 17.9 Å². The molecule has 1 unspecified atom stereocenters. The molecule has 1 fully saturated rings. The van der Waals surface area contributed by atoms with Gasteiger partial charge in [-0.3, -0.25) is 9.59 Å². The first-order valence-electron chi connectivity index (χ1n) is 7.11. The number of para-hydroxylation sites is 1. The third-order valence-corrected chi connectivity index (χ3v) is 4.63. The molecule has 1 saturated heterocycles. The zero-order valence-electron chi connectivity index (χ0n) is 11.6. The van der Waals surface area contributed by atoms with Gasteiger partial charge in [0.15, 0.2) is 0 Å². The summed E-state index contributed by atoms with van der Waals surface area (Å²) in [5.41, 5.74) is 0.993. The van der Waals surface area contributed by atoms with Crippen LogP contribution in [0.3, 0.4) is 0 Å². The number of hydrogen-bond acceptors (Lipinski definition) is 4. The lowest BCUT2D eigenvalue weighted by Crippen LogP contribution is -2.47. The van der Waals surface area contributed by atoms with Crippen LogP contribution in [0.2, 0.25) is 0 Å². The largest absolute Gasteiger partial charge is 0.354 e. The summed E-state index contributed by atoms with van der Waals surface area (Å²) in [4.78, 5) is 27.5. The average Bonchev–Trinajstić information content (AvgIpc) is 2.90. The van der Waals surface area contributed by atoms with Crippen LogP contribution in [0.5, 0.6) is 0 Å². The van der Waals surface area contributed by atoms with Crippen LogP contribution in [0.25, 0.3) is 10.2 Å². The van der Waals surface area contributed by atoms with Crippen LogP contribution in [0.1, 0.15) is 24.3 Å². The Morgan fingerprint density at radius 1 is 1.43 bits per heavy atom. The summed E-state index contributed by atoms with van der Waals surface area (Å²) < 4.78 is 1.16. The van der Waals surface area contributed by atoms with E-state index >= 15 is 0 Å². The van der Waals surface area contributed by atoms with Crippen LogP contribution < -0.4 is 10.6 Å². The van der Waals surface area contributed by atoms with Crippen molar-refractivity contribution in [2.45, 2.75) is 31.7 Å². The molecule has 2 heterocycles. The topological polar surface area (TPSA) is 71.1 Å². The van der Waals surface area contributed by atoms with Gasteiger partial charge in [0.1, 0.15) is 0 Å². The Hall–Kier alpha value is -1.95. The molecule has 6 heteroatoms. The summed E-state index contributed by atoms with van der Waals surface area (Å²) in [6.07, 6.45) is 2.30. The molecule has 1 aromatic heterocycles. The van der Waals surface area contributed by atoms with Crippen LogP contribution >= 0.6 is 11.3 Å². The van der Waals surface area contributed by atoms with E-state index in [9.17, 15) is 9.59 Å². The lowest BCUT2D eigenvalue weighted by atomic mass is 10.1. The maximum absolute atomic E-state index is 11.9. The van der Waals surface area contributed by atoms with Crippen molar-refractivity contribution in [2.24, 2.45) is 0 Å². The molecule has 1 aliphatic rings. The van der Waals surface area contributed by atoms with Crippen molar-refractivity contribution in [3.05, 3.63) is 29.3 Å². The summed E-state index contributed by atoms with van der Waals surface area (Å²) in [5, 5.41) is 6.72. The molecule has 2 aromatic rings. The van der Waals surface area contributed by atoms with Crippen LogP contribution in [0.4, 0.5) is 0 Å². The Morgan fingerprint density at radius 2 is 2.29 bits per heavy atom. The molecule has 1 aliphatic heterocycles. The second kappa shape index (κ2) is 6.22. The van der Waals surface area contributed by atoms with Gasteiger partial charge in [-0.05, 0) is 18.6 Å². The molecule has 0 spiro atoms. The monoisotopic (exact) mass is 303 g/mol. The molecular formula is C15H17N3O2S. The molecule has 3 rings (SSSR count). The lowest BCUT2D eigenvalue weighted by molar-refractivity contribution is -0.125. The minimum absolute atomic E-state index is 0.0235. The zero-order chi connectivity index (χ0) is 14.7. The first kappa shape index (κ1) is 14.0. The van der Waals surface area contributed by atoms with Gasteiger partial charge in [-0.2, -0.15) is 0 Å². The molecule has 1 atom stereocenters. The second-order valence-corrected chi connectivity index (χ2v) is 6.30. The van der Waals surface area contributed by atoms with E-state index in [0.717, 1.165) is 21.6 Å². The van der Waals surface area contributed by atoms with Crippen molar-refractivity contribution < 1.29 is 9.59 Å². The number of nitrogens with one attached hydrogen (secondary N) is 2. The fourth-order valence-corrected chi connectivity index (χ4v) is 3.37. The van der Waals surface area contributed by atoms with Gasteiger partial charge >= 0.3 is 0 Å². The molecular weight excluding hydrogens is 286 g/mol. The van der Waals surface area contributed by atoms with Crippen molar-refractivity contribution in [3.63, 3.8) is 0 Å². The summed E-state index contributed by atoms with van der Waals surface area (Å²) in [5.74, 6) is 0.0883. The lowest BCUT2D eigenvalue weighted by Gasteiger charge is -2.23. The van der Waals surface area contributed by atoms with E-state index in [4.69, 9.17) is 0 Å². The predicted molar refractivity (Wildman–Crippen MR) is 82.1 cm³/mol. The number of piperidine rings is 1. The van der Waals surface area contributed by atoms with Gasteiger partial charge in [-0.1, -0.05) is 12.1 Å². The van der Waals surface area contributed by atoms with Gasteiger partial charge in [0.2, 0.25) is 11.8 Å². The number of thiazole rings is 1. The molecule has 0 radical (unpaired) electrons. The maximum Gasteiger partial charge on any atom is 0.220 e. The third kappa shape index (κ3) is 3.58. The van der Waals surface area contributed by atoms with Crippen LogP contribution in [-0.2, 0) is 16.0 Å². The number of nitrogens with zero attached hydrogens (tertiary/aromatic N) is 1. The van der Waals surface area contributed by atoms with E-state index in [2.05, 4.69) is 15.6 Å². The minimum atomic E-state index is 0.0235. The fraction of sp³-hybridized carbons (Fsp3) is 0.400. The predicted octanol–water partition coefficient (Wildman–Crippen LogP) is 1.62. The molecule has 5 nitrogen and oxygen atoms in total. The second-order valence-electron chi connectivity index (χ2n) is 5.18. The van der Waals surface area contributed by atoms with Crippen molar-refractivity contribution in [2.75, 3.05) is 6.54 Å². The fourth-order valence-electron chi connectivity index (χ4n) is 2.40. The van der Waals surface area contributed by atoms with Gasteiger partial charge in [0.05, 0.1) is 15.2 Å². The highest BCUT2D eigenvalue weighted by Gasteiger charge is 2.19. The van der Waals surface area contributed by atoms with Gasteiger partial charge in [-0.15, -0.1) is 11.3 Å². The van der Waals surface area contributed by atoms with Crippen LogP contribution in [0, 0.1) is 0 Å². The summed E-state index contributed by atoms with van der Waals surface area (Å²) in [6, 6.07) is 8.05. The van der Waals surface area contributed by atoms with Gasteiger partial charge in [0.25, 0.3) is 0 Å². The van der Waals surface area contributed by atoms with E-state index in [1.807, 2.05) is 24.3 Å². The van der Waals surface area contributed by atoms with Crippen molar-refractivity contribution in [3.8, 4) is 0 Å². The number of rotatable bonds is 4. The Balaban J connectivity index is 1.50. The van der Waals surface area contributed by atoms with E-state index in [0.29, 0.717) is 25.8 Å². The van der Waals surface area contributed by atoms with Gasteiger partial charge in [-0.25, -0.2) is 4.98 Å². The standard InChI is InChI=1S/C15H17N3O2S/c19-13-6-5-10(9-16-13)17-14(20)7-8-15-18-11-3-1-2-4-12(11)21-15/h1-4,10H,5-9H2,(H,16,19)(H,17,20). The molecule has 2 amide bonds. The van der Waals surface area contributed by atoms with Crippen molar-refractivity contribution in [1.82, 2.24) is 15.6 Å². The number of fused-ring (bicyclic) bond motifs is 1. The summed E-state index contributed by atoms with van der Waals surface area (Å²) >= 11 is 1.64. The smallest absolute Gasteiger partial charge is 0.220 e. The molecule has 21 heavy (non-hydrogen) atoms. The minimum Gasteiger partial charge on any atom is -0.354 e. The van der Waals surface area contributed by atoms with E-state index in [1.54, 1.807) is 11.3 Å². The Labute approximate surface area is 126 Å². The number of amides is 2. The SMILES string of the molecule is O=C1CCC(NC(=O)CCc2nc3ccccc3s2)CN1. The zero-order valence-corrected chi connectivity index (χ0v) is 12.4. The normalized spacial score (nSPS) is 18.5. The van der Waals surface area contributed by atoms with Crippen molar-refractivity contribution >= 4 is 33.4 Å². The molecule has 2 N–H and O–H groups in total. The number of aromatic nitrogens is 1. The highest BCUT2D eigenvalue weighted by atomic mass is 32.1. The first-order chi connectivity index (χ1) is 10.2. The Bertz CT molecular complexity index is 625. The quantitative estimate of drug-likeness (QED) is 0.901. The van der Waals surface area contributed by atoms with Crippen LogP contribution in [-0.4, -0.2) is 29.4 Å². The molecule has 110 valence electrons. The number of carbonyl (C=O) groups is 2. The maximum atomic E-state index is 11.9. The third-order valence-electron chi connectivity index (χ3n) is 3.53. The molecule has 0 bridgehead atoms. The van der Waals surface area contributed by atoms with Crippen LogP contribution in [0.15, 0.2) is 24.3 Å². The Kier molecular flexibility index (Phi) is 4.15. The van der Waals surface area contributed by atoms with E-state index in [1.165, 1.54) is 0 Å². The Morgan fingerprint density at radius 3 is 3.05 bits per heavy atom. The van der Waals surface area contributed by atoms with Gasteiger partial charge in [0, 0.05) is 31.8 Å². The number of hydrogen-bond donors (Lipinski definition) is 2. The molecule has 0 saturated carbocycles. The average molecular weight is 303 g/mol. The summed E-state index contributed by atoms with van der Waals surface area (Å²) in [7, 11) is 0. The number of benzene rings is 1. The highest BCUT2D eigenvalue weighted by Crippen LogP contribution is 2.22. The van der Waals surface area contributed by atoms with Crippen molar-refractivity contribution in [1.29, 1.82) is 0 Å². The van der Waals surface area contributed by atoms with Gasteiger partial charge < -0.3 is 10.6 Å².